The van der Waals surface area contributed by atoms with E-state index in [1.54, 1.807) is 24.2 Å². The smallest absolute Gasteiger partial charge is 0.319 e. The van der Waals surface area contributed by atoms with Gasteiger partial charge < -0.3 is 20.5 Å². The summed E-state index contributed by atoms with van der Waals surface area (Å²) in [6, 6.07) is -0.693. The van der Waals surface area contributed by atoms with Gasteiger partial charge in [-0.1, -0.05) is 0 Å². The Bertz CT molecular complexity index is 425. The molecule has 7 heteroatoms. The fourth-order valence-electron chi connectivity index (χ4n) is 1.58. The van der Waals surface area contributed by atoms with Crippen LogP contribution in [0.4, 0.5) is 10.5 Å². The summed E-state index contributed by atoms with van der Waals surface area (Å²) in [5, 5.41) is 18.7. The zero-order valence-corrected chi connectivity index (χ0v) is 12.5. The van der Waals surface area contributed by atoms with Crippen LogP contribution in [-0.2, 0) is 10.3 Å². The highest BCUT2D eigenvalue weighted by molar-refractivity contribution is 5.89. The number of carbonyl (C=O) groups excluding carboxylic acids is 1. The molecule has 1 aromatic heterocycles. The summed E-state index contributed by atoms with van der Waals surface area (Å²) in [4.78, 5) is 11.8. The van der Waals surface area contributed by atoms with Crippen molar-refractivity contribution >= 4 is 11.7 Å². The minimum atomic E-state index is -0.367. The van der Waals surface area contributed by atoms with Crippen LogP contribution in [0.15, 0.2) is 12.4 Å². The van der Waals surface area contributed by atoms with Crippen molar-refractivity contribution in [3.8, 4) is 0 Å². The molecule has 1 heterocycles. The number of hydrogen-bond acceptors (Lipinski definition) is 4. The molecule has 0 aliphatic rings. The van der Waals surface area contributed by atoms with Crippen LogP contribution in [0.2, 0.25) is 0 Å². The molecule has 0 aliphatic carbocycles. The van der Waals surface area contributed by atoms with Crippen molar-refractivity contribution < 1.29 is 14.6 Å². The zero-order valence-electron chi connectivity index (χ0n) is 12.5. The Morgan fingerprint density at radius 2 is 2.25 bits per heavy atom. The number of nitrogens with zero attached hydrogens (tertiary/aromatic N) is 2. The normalized spacial score (nSPS) is 13.1. The third-order valence-corrected chi connectivity index (χ3v) is 2.75. The van der Waals surface area contributed by atoms with Crippen LogP contribution in [-0.4, -0.2) is 47.3 Å². The first-order chi connectivity index (χ1) is 9.36. The van der Waals surface area contributed by atoms with Gasteiger partial charge in [0.25, 0.3) is 0 Å². The molecule has 20 heavy (non-hydrogen) atoms. The summed E-state index contributed by atoms with van der Waals surface area (Å²) in [6.07, 6.45) is 3.91. The van der Waals surface area contributed by atoms with Gasteiger partial charge in [-0.3, -0.25) is 4.68 Å². The van der Waals surface area contributed by atoms with E-state index in [1.165, 1.54) is 0 Å². The predicted octanol–water partition coefficient (Wildman–Crippen LogP) is 1.16. The van der Waals surface area contributed by atoms with Crippen molar-refractivity contribution in [2.24, 2.45) is 0 Å². The molecule has 1 aromatic rings. The fourth-order valence-corrected chi connectivity index (χ4v) is 1.58. The maximum absolute atomic E-state index is 11.8. The van der Waals surface area contributed by atoms with Crippen molar-refractivity contribution in [3.63, 3.8) is 0 Å². The third kappa shape index (κ3) is 5.18. The lowest BCUT2D eigenvalue weighted by molar-refractivity contribution is 0.161. The van der Waals surface area contributed by atoms with E-state index in [-0.39, 0.29) is 24.2 Å². The average molecular weight is 284 g/mol. The maximum Gasteiger partial charge on any atom is 0.319 e. The second kappa shape index (κ2) is 7.25. The Morgan fingerprint density at radius 3 is 2.75 bits per heavy atom. The van der Waals surface area contributed by atoms with Crippen LogP contribution in [0.5, 0.6) is 0 Å². The Hall–Kier alpha value is -1.60. The molecule has 0 spiro atoms. The number of aromatic nitrogens is 2. The van der Waals surface area contributed by atoms with Crippen molar-refractivity contribution in [1.29, 1.82) is 0 Å². The highest BCUT2D eigenvalue weighted by Gasteiger charge is 2.16. The van der Waals surface area contributed by atoms with Crippen molar-refractivity contribution in [3.05, 3.63) is 12.4 Å². The lowest BCUT2D eigenvalue weighted by Gasteiger charge is -2.18. The number of anilines is 1. The van der Waals surface area contributed by atoms with E-state index in [4.69, 9.17) is 9.84 Å². The maximum atomic E-state index is 11.8. The number of methoxy groups -OCH3 is 1. The van der Waals surface area contributed by atoms with Crippen LogP contribution < -0.4 is 10.6 Å². The van der Waals surface area contributed by atoms with Crippen LogP contribution >= 0.6 is 0 Å². The summed E-state index contributed by atoms with van der Waals surface area (Å²) in [7, 11) is 1.58. The van der Waals surface area contributed by atoms with Crippen molar-refractivity contribution in [2.75, 3.05) is 25.6 Å². The Labute approximate surface area is 119 Å². The highest BCUT2D eigenvalue weighted by Crippen LogP contribution is 2.15. The average Bonchev–Trinajstić information content (AvgIpc) is 2.82. The number of amides is 2. The summed E-state index contributed by atoms with van der Waals surface area (Å²) in [5.41, 5.74) is 0.476. The molecule has 0 radical (unpaired) electrons. The standard InChI is InChI=1S/C13H24N4O3/c1-13(2,3)17-8-11(7-14-17)16-12(19)15-10(9-18)5-6-20-4/h7-8,10,18H,5-6,9H2,1-4H3,(H2,15,16,19)/t10-/m0/s1. The number of carbonyl (C=O) groups is 1. The molecule has 1 rings (SSSR count). The van der Waals surface area contributed by atoms with Crippen molar-refractivity contribution in [1.82, 2.24) is 15.1 Å². The SMILES string of the molecule is COCC[C@@H](CO)NC(=O)Nc1cnn(C(C)(C)C)c1. The molecule has 1 atom stereocenters. The molecule has 0 fully saturated rings. The van der Waals surface area contributed by atoms with Gasteiger partial charge in [-0.15, -0.1) is 0 Å². The minimum Gasteiger partial charge on any atom is -0.394 e. The summed E-state index contributed by atoms with van der Waals surface area (Å²) >= 11 is 0. The molecule has 0 unspecified atom stereocenters. The Kier molecular flexibility index (Phi) is 5.97. The lowest BCUT2D eigenvalue weighted by atomic mass is 10.1. The summed E-state index contributed by atoms with van der Waals surface area (Å²) < 4.78 is 6.69. The van der Waals surface area contributed by atoms with Gasteiger partial charge in [0.1, 0.15) is 0 Å². The van der Waals surface area contributed by atoms with Gasteiger partial charge in [0.15, 0.2) is 0 Å². The predicted molar refractivity (Wildman–Crippen MR) is 76.7 cm³/mol. The minimum absolute atomic E-state index is 0.127. The first kappa shape index (κ1) is 16.5. The molecule has 0 saturated heterocycles. The van der Waals surface area contributed by atoms with E-state index in [0.717, 1.165) is 0 Å². The number of rotatable bonds is 6. The molecule has 2 amide bonds. The first-order valence-electron chi connectivity index (χ1n) is 6.59. The van der Waals surface area contributed by atoms with Gasteiger partial charge in [0, 0.05) is 19.9 Å². The highest BCUT2D eigenvalue weighted by atomic mass is 16.5. The topological polar surface area (TPSA) is 88.4 Å². The van der Waals surface area contributed by atoms with E-state index in [2.05, 4.69) is 15.7 Å². The number of aliphatic hydroxyl groups excluding tert-OH is 1. The van der Waals surface area contributed by atoms with Crippen LogP contribution in [0, 0.1) is 0 Å². The quantitative estimate of drug-likeness (QED) is 0.731. The van der Waals surface area contributed by atoms with E-state index >= 15 is 0 Å². The first-order valence-corrected chi connectivity index (χ1v) is 6.59. The molecule has 0 bridgehead atoms. The van der Waals surface area contributed by atoms with E-state index in [1.807, 2.05) is 20.8 Å². The molecule has 0 aromatic carbocycles. The number of hydrogen-bond donors (Lipinski definition) is 3. The number of ether oxygens (including phenoxy) is 1. The summed E-state index contributed by atoms with van der Waals surface area (Å²) in [5.74, 6) is 0. The number of urea groups is 1. The molecule has 0 aliphatic heterocycles. The van der Waals surface area contributed by atoms with E-state index in [9.17, 15) is 4.79 Å². The van der Waals surface area contributed by atoms with Crippen LogP contribution in [0.1, 0.15) is 27.2 Å². The van der Waals surface area contributed by atoms with E-state index < -0.39 is 0 Å². The lowest BCUT2D eigenvalue weighted by Crippen LogP contribution is -2.40. The third-order valence-electron chi connectivity index (χ3n) is 2.75. The molecule has 0 saturated carbocycles. The van der Waals surface area contributed by atoms with Crippen molar-refractivity contribution in [2.45, 2.75) is 38.8 Å². The van der Waals surface area contributed by atoms with E-state index in [0.29, 0.717) is 18.7 Å². The zero-order chi connectivity index (χ0) is 15.2. The fraction of sp³-hybridized carbons (Fsp3) is 0.692. The Balaban J connectivity index is 2.51. The molecule has 114 valence electrons. The largest absolute Gasteiger partial charge is 0.394 e. The van der Waals surface area contributed by atoms with Gasteiger partial charge in [0.2, 0.25) is 0 Å². The van der Waals surface area contributed by atoms with Crippen LogP contribution in [0.3, 0.4) is 0 Å². The molecular weight excluding hydrogens is 260 g/mol. The van der Waals surface area contributed by atoms with Gasteiger partial charge >= 0.3 is 6.03 Å². The van der Waals surface area contributed by atoms with Gasteiger partial charge in [-0.05, 0) is 27.2 Å². The van der Waals surface area contributed by atoms with Gasteiger partial charge in [0.05, 0.1) is 30.1 Å². The Morgan fingerprint density at radius 1 is 1.55 bits per heavy atom. The van der Waals surface area contributed by atoms with Gasteiger partial charge in [-0.2, -0.15) is 5.10 Å². The monoisotopic (exact) mass is 284 g/mol. The number of nitrogens with one attached hydrogen (secondary N) is 2. The second-order valence-corrected chi connectivity index (χ2v) is 5.60. The molecular formula is C13H24N4O3. The van der Waals surface area contributed by atoms with Crippen LogP contribution in [0.25, 0.3) is 0 Å². The number of aliphatic hydroxyl groups is 1. The summed E-state index contributed by atoms with van der Waals surface area (Å²) in [6.45, 7) is 6.43. The second-order valence-electron chi connectivity index (χ2n) is 5.60. The molecule has 3 N–H and O–H groups in total. The molecule has 7 nitrogen and oxygen atoms in total. The van der Waals surface area contributed by atoms with Gasteiger partial charge in [-0.25, -0.2) is 4.79 Å².